The van der Waals surface area contributed by atoms with Crippen molar-refractivity contribution < 1.29 is 18.9 Å². The van der Waals surface area contributed by atoms with Crippen LogP contribution in [0.25, 0.3) is 0 Å². The van der Waals surface area contributed by atoms with Crippen molar-refractivity contribution in [3.8, 4) is 11.5 Å². The standard InChI is InChI=1S/C24H41NO4/c1-10-26-17(3)28-20-13-12-19(14-21(20)29-18(4)27-11-2)24(15-22(5,6)7)23(8,9)16-25-24/h12-14,17-18,25H,10-11,15-16H2,1-9H3. The molecule has 0 amide bonds. The lowest BCUT2D eigenvalue weighted by molar-refractivity contribution is -0.0770. The lowest BCUT2D eigenvalue weighted by Crippen LogP contribution is -2.69. The molecule has 1 aromatic rings. The first-order chi connectivity index (χ1) is 13.4. The van der Waals surface area contributed by atoms with E-state index in [0.717, 1.165) is 13.0 Å². The maximum absolute atomic E-state index is 6.14. The lowest BCUT2D eigenvalue weighted by Gasteiger charge is -2.60. The van der Waals surface area contributed by atoms with Crippen LogP contribution in [0.1, 0.15) is 74.3 Å². The third-order valence-electron chi connectivity index (χ3n) is 5.61. The number of ether oxygens (including phenoxy) is 4. The first-order valence-electron chi connectivity index (χ1n) is 10.9. The first-order valence-corrected chi connectivity index (χ1v) is 10.9. The van der Waals surface area contributed by atoms with Crippen molar-refractivity contribution in [2.45, 2.75) is 86.9 Å². The van der Waals surface area contributed by atoms with Crippen LogP contribution in [-0.2, 0) is 15.0 Å². The van der Waals surface area contributed by atoms with Crippen molar-refractivity contribution in [1.29, 1.82) is 0 Å². The van der Waals surface area contributed by atoms with Gasteiger partial charge in [0, 0.05) is 19.8 Å². The average Bonchev–Trinajstić information content (AvgIpc) is 2.60. The summed E-state index contributed by atoms with van der Waals surface area (Å²) in [7, 11) is 0. The summed E-state index contributed by atoms with van der Waals surface area (Å²) in [6.45, 7) is 21.4. The second kappa shape index (κ2) is 9.23. The number of nitrogens with one attached hydrogen (secondary N) is 1. The highest BCUT2D eigenvalue weighted by Gasteiger charge is 2.55. The summed E-state index contributed by atoms with van der Waals surface area (Å²) in [5, 5.41) is 3.76. The van der Waals surface area contributed by atoms with Gasteiger partial charge < -0.3 is 24.3 Å². The summed E-state index contributed by atoms with van der Waals surface area (Å²) < 4.78 is 23.3. The molecule has 0 spiro atoms. The minimum atomic E-state index is -0.360. The molecule has 5 nitrogen and oxygen atoms in total. The molecule has 0 radical (unpaired) electrons. The smallest absolute Gasteiger partial charge is 0.197 e. The molecule has 29 heavy (non-hydrogen) atoms. The zero-order valence-corrected chi connectivity index (χ0v) is 19.8. The Labute approximate surface area is 177 Å². The SMILES string of the molecule is CCOC(C)Oc1ccc(C2(CC(C)(C)C)NCC2(C)C)cc1OC(C)OCC. The number of hydrogen-bond acceptors (Lipinski definition) is 5. The molecular weight excluding hydrogens is 366 g/mol. The molecule has 0 aromatic heterocycles. The lowest BCUT2D eigenvalue weighted by atomic mass is 9.57. The van der Waals surface area contributed by atoms with Crippen LogP contribution in [0.4, 0.5) is 0 Å². The van der Waals surface area contributed by atoms with Crippen molar-refractivity contribution in [2.75, 3.05) is 19.8 Å². The van der Waals surface area contributed by atoms with Gasteiger partial charge in [0.2, 0.25) is 0 Å². The Morgan fingerprint density at radius 1 is 0.966 bits per heavy atom. The minimum absolute atomic E-state index is 0.109. The molecule has 1 aliphatic heterocycles. The summed E-state index contributed by atoms with van der Waals surface area (Å²) in [5.41, 5.74) is 1.44. The van der Waals surface area contributed by atoms with Crippen LogP contribution in [-0.4, -0.2) is 32.3 Å². The monoisotopic (exact) mass is 407 g/mol. The average molecular weight is 408 g/mol. The van der Waals surface area contributed by atoms with Crippen molar-refractivity contribution >= 4 is 0 Å². The van der Waals surface area contributed by atoms with E-state index in [4.69, 9.17) is 18.9 Å². The van der Waals surface area contributed by atoms with E-state index in [1.807, 2.05) is 33.8 Å². The molecule has 2 rings (SSSR count). The van der Waals surface area contributed by atoms with Crippen molar-refractivity contribution in [2.24, 2.45) is 10.8 Å². The summed E-state index contributed by atoms with van der Waals surface area (Å²) in [4.78, 5) is 0. The molecule has 1 fully saturated rings. The van der Waals surface area contributed by atoms with Gasteiger partial charge in [-0.15, -0.1) is 0 Å². The summed E-state index contributed by atoms with van der Waals surface area (Å²) in [5.74, 6) is 1.36. The van der Waals surface area contributed by atoms with Gasteiger partial charge in [0.25, 0.3) is 0 Å². The van der Waals surface area contributed by atoms with Gasteiger partial charge in [0.1, 0.15) is 0 Å². The molecule has 0 aliphatic carbocycles. The van der Waals surface area contributed by atoms with E-state index in [9.17, 15) is 0 Å². The van der Waals surface area contributed by atoms with E-state index in [-0.39, 0.29) is 28.9 Å². The van der Waals surface area contributed by atoms with E-state index in [0.29, 0.717) is 24.7 Å². The zero-order valence-electron chi connectivity index (χ0n) is 19.8. The van der Waals surface area contributed by atoms with Crippen LogP contribution >= 0.6 is 0 Å². The van der Waals surface area contributed by atoms with Gasteiger partial charge in [0.05, 0.1) is 5.54 Å². The Bertz CT molecular complexity index is 667. The molecule has 1 N–H and O–H groups in total. The Hall–Kier alpha value is -1.30. The molecule has 0 saturated carbocycles. The Morgan fingerprint density at radius 3 is 1.93 bits per heavy atom. The van der Waals surface area contributed by atoms with Gasteiger partial charge in [-0.2, -0.15) is 0 Å². The molecule has 3 atom stereocenters. The van der Waals surface area contributed by atoms with E-state index in [2.05, 4.69) is 52.1 Å². The van der Waals surface area contributed by atoms with E-state index < -0.39 is 0 Å². The molecule has 0 bridgehead atoms. The van der Waals surface area contributed by atoms with Gasteiger partial charge in [-0.3, -0.25) is 0 Å². The molecule has 1 heterocycles. The van der Waals surface area contributed by atoms with Crippen LogP contribution in [0, 0.1) is 10.8 Å². The highest BCUT2D eigenvalue weighted by Crippen LogP contribution is 2.53. The maximum atomic E-state index is 6.14. The number of benzene rings is 1. The summed E-state index contributed by atoms with van der Waals surface area (Å²) >= 11 is 0. The highest BCUT2D eigenvalue weighted by molar-refractivity contribution is 5.47. The predicted molar refractivity (Wildman–Crippen MR) is 117 cm³/mol. The van der Waals surface area contributed by atoms with E-state index >= 15 is 0 Å². The van der Waals surface area contributed by atoms with Crippen LogP contribution < -0.4 is 14.8 Å². The van der Waals surface area contributed by atoms with Crippen LogP contribution in [0.2, 0.25) is 0 Å². The highest BCUT2D eigenvalue weighted by atomic mass is 16.7. The second-order valence-corrected chi connectivity index (χ2v) is 9.82. The van der Waals surface area contributed by atoms with Gasteiger partial charge in [-0.05, 0) is 62.6 Å². The van der Waals surface area contributed by atoms with Gasteiger partial charge >= 0.3 is 0 Å². The number of hydrogen-bond donors (Lipinski definition) is 1. The van der Waals surface area contributed by atoms with Gasteiger partial charge in [-0.25, -0.2) is 0 Å². The normalized spacial score (nSPS) is 23.2. The van der Waals surface area contributed by atoms with Crippen LogP contribution in [0.5, 0.6) is 11.5 Å². The fraction of sp³-hybridized carbons (Fsp3) is 0.750. The quantitative estimate of drug-likeness (QED) is 0.521. The van der Waals surface area contributed by atoms with Crippen molar-refractivity contribution in [3.63, 3.8) is 0 Å². The molecular formula is C24H41NO4. The fourth-order valence-electron chi connectivity index (χ4n) is 4.21. The van der Waals surface area contributed by atoms with Crippen LogP contribution in [0.3, 0.4) is 0 Å². The second-order valence-electron chi connectivity index (χ2n) is 9.82. The molecule has 5 heteroatoms. The minimum Gasteiger partial charge on any atom is -0.461 e. The number of rotatable bonds is 10. The predicted octanol–water partition coefficient (Wildman–Crippen LogP) is 5.47. The third kappa shape index (κ3) is 5.65. The van der Waals surface area contributed by atoms with E-state index in [1.54, 1.807) is 0 Å². The third-order valence-corrected chi connectivity index (χ3v) is 5.61. The van der Waals surface area contributed by atoms with Gasteiger partial charge in [0.15, 0.2) is 24.1 Å². The topological polar surface area (TPSA) is 49.0 Å². The fourth-order valence-corrected chi connectivity index (χ4v) is 4.21. The Balaban J connectivity index is 2.44. The molecule has 3 unspecified atom stereocenters. The summed E-state index contributed by atoms with van der Waals surface area (Å²) in [6, 6.07) is 6.27. The Kier molecular flexibility index (Phi) is 7.63. The Morgan fingerprint density at radius 2 is 1.52 bits per heavy atom. The van der Waals surface area contributed by atoms with E-state index in [1.165, 1.54) is 5.56 Å². The first kappa shape index (κ1) is 24.0. The van der Waals surface area contributed by atoms with Gasteiger partial charge in [-0.1, -0.05) is 40.7 Å². The van der Waals surface area contributed by atoms with Crippen molar-refractivity contribution in [3.05, 3.63) is 23.8 Å². The van der Waals surface area contributed by atoms with Crippen molar-refractivity contribution in [1.82, 2.24) is 5.32 Å². The molecule has 1 saturated heterocycles. The largest absolute Gasteiger partial charge is 0.461 e. The zero-order chi connectivity index (χ0) is 21.9. The summed E-state index contributed by atoms with van der Waals surface area (Å²) in [6.07, 6.45) is 0.321. The van der Waals surface area contributed by atoms with Crippen LogP contribution in [0.15, 0.2) is 18.2 Å². The molecule has 1 aromatic carbocycles. The maximum Gasteiger partial charge on any atom is 0.197 e. The molecule has 166 valence electrons. The molecule has 1 aliphatic rings.